The van der Waals surface area contributed by atoms with E-state index in [4.69, 9.17) is 9.47 Å². The number of aryl methyl sites for hydroxylation is 1. The van der Waals surface area contributed by atoms with Gasteiger partial charge < -0.3 is 40.4 Å². The molecule has 0 aliphatic carbocycles. The standard InChI is InChI=1S/C38H54N8O7S/c1-24(2)30-34(49)39-16-17-52-18-19-53-27-14-12-26(13-15-27)21-40-31(35(50)44-30)32(48)28(20-25-10-8-7-9-11-25)42-36(51)33(38(3,4)5)43-29(47)22-54-37-45-41-23-46(37)6/h7-15,23-24,28,30-33,40,48H,16-22H2,1-6H3,(H,39,49)(H,42,51)(H,43,47)(H,44,50)/t28-,30?,31+,32?,33+/m0/s1. The molecule has 2 aromatic carbocycles. The van der Waals surface area contributed by atoms with Gasteiger partial charge >= 0.3 is 0 Å². The van der Waals surface area contributed by atoms with Crippen LogP contribution >= 0.6 is 11.8 Å². The fraction of sp³-hybridized carbons (Fsp3) is 0.526. The maximum absolute atomic E-state index is 14.2. The molecule has 0 fully saturated rings. The third kappa shape index (κ3) is 12.8. The van der Waals surface area contributed by atoms with Crippen LogP contribution in [-0.4, -0.2) is 106 Å². The summed E-state index contributed by atoms with van der Waals surface area (Å²) in [5.41, 5.74) is 0.878. The van der Waals surface area contributed by atoms with Gasteiger partial charge in [0.05, 0.1) is 31.1 Å². The lowest BCUT2D eigenvalue weighted by molar-refractivity contribution is -0.134. The Balaban J connectivity index is 1.62. The van der Waals surface area contributed by atoms with Gasteiger partial charge in [-0.2, -0.15) is 0 Å². The molecule has 2 aliphatic heterocycles. The molecule has 16 heteroatoms. The first-order valence-electron chi connectivity index (χ1n) is 18.1. The number of nitrogens with zero attached hydrogens (tertiary/aromatic N) is 3. The van der Waals surface area contributed by atoms with Crippen molar-refractivity contribution in [2.24, 2.45) is 18.4 Å². The average Bonchev–Trinajstić information content (AvgIpc) is 3.55. The minimum atomic E-state index is -1.49. The second-order valence-electron chi connectivity index (χ2n) is 14.7. The molecule has 3 aromatic rings. The van der Waals surface area contributed by atoms with Crippen molar-refractivity contribution >= 4 is 35.4 Å². The topological polar surface area (TPSA) is 198 Å². The number of carbonyl (C=O) groups excluding carboxylic acids is 4. The number of hydrogen-bond donors (Lipinski definition) is 6. The van der Waals surface area contributed by atoms with Crippen molar-refractivity contribution in [1.82, 2.24) is 41.3 Å². The average molecular weight is 767 g/mol. The van der Waals surface area contributed by atoms with Crippen LogP contribution in [0.4, 0.5) is 0 Å². The summed E-state index contributed by atoms with van der Waals surface area (Å²) >= 11 is 1.19. The number of hydrogen-bond acceptors (Lipinski definition) is 11. The van der Waals surface area contributed by atoms with Gasteiger partial charge in [0, 0.05) is 20.1 Å². The van der Waals surface area contributed by atoms with Crippen molar-refractivity contribution in [1.29, 1.82) is 0 Å². The molecule has 4 amide bonds. The van der Waals surface area contributed by atoms with Crippen molar-refractivity contribution < 1.29 is 33.8 Å². The van der Waals surface area contributed by atoms with Crippen LogP contribution in [0.2, 0.25) is 0 Å². The molecular formula is C38H54N8O7S. The van der Waals surface area contributed by atoms with Gasteiger partial charge in [-0.15, -0.1) is 10.2 Å². The number of thioether (sulfide) groups is 1. The summed E-state index contributed by atoms with van der Waals surface area (Å²) < 4.78 is 13.1. The minimum absolute atomic E-state index is 0.000644. The lowest BCUT2D eigenvalue weighted by atomic mass is 9.85. The first kappa shape index (κ1) is 42.2. The molecule has 2 aliphatic rings. The molecule has 1 aromatic heterocycles. The molecular weight excluding hydrogens is 713 g/mol. The number of benzene rings is 2. The zero-order valence-corrected chi connectivity index (χ0v) is 32.7. The molecule has 3 heterocycles. The third-order valence-corrected chi connectivity index (χ3v) is 9.87. The fourth-order valence-electron chi connectivity index (χ4n) is 5.79. The maximum atomic E-state index is 14.2. The molecule has 0 saturated carbocycles. The highest BCUT2D eigenvalue weighted by Crippen LogP contribution is 2.22. The largest absolute Gasteiger partial charge is 0.491 e. The SMILES string of the molecule is CC(C)C1NC(=O)[C@@H](C(O)[C@H](Cc2ccccc2)NC(=O)[C@@H](NC(=O)CSc2nncn2C)C(C)(C)C)NCc2ccc(cc2)OCCOCCNC1=O. The lowest BCUT2D eigenvalue weighted by Gasteiger charge is -2.35. The molecule has 5 rings (SSSR count). The number of carbonyl (C=O) groups is 4. The number of aromatic nitrogens is 3. The van der Waals surface area contributed by atoms with E-state index in [-0.39, 0.29) is 43.7 Å². The Morgan fingerprint density at radius 3 is 2.37 bits per heavy atom. The van der Waals surface area contributed by atoms with Crippen molar-refractivity contribution in [3.8, 4) is 5.75 Å². The molecule has 2 unspecified atom stereocenters. The summed E-state index contributed by atoms with van der Waals surface area (Å²) in [6.07, 6.45) is 0.202. The molecule has 294 valence electrons. The molecule has 0 saturated heterocycles. The quantitative estimate of drug-likeness (QED) is 0.122. The van der Waals surface area contributed by atoms with E-state index >= 15 is 0 Å². The smallest absolute Gasteiger partial charge is 0.243 e. The Labute approximate surface area is 321 Å². The highest BCUT2D eigenvalue weighted by atomic mass is 32.2. The molecule has 2 bridgehead atoms. The number of amides is 4. The Morgan fingerprint density at radius 1 is 1.00 bits per heavy atom. The molecule has 15 nitrogen and oxygen atoms in total. The van der Waals surface area contributed by atoms with Crippen LogP contribution < -0.4 is 31.3 Å². The van der Waals surface area contributed by atoms with E-state index in [1.54, 1.807) is 11.6 Å². The molecule has 0 radical (unpaired) electrons. The lowest BCUT2D eigenvalue weighted by Crippen LogP contribution is -2.64. The van der Waals surface area contributed by atoms with Gasteiger partial charge in [-0.1, -0.05) is 88.8 Å². The Bertz CT molecular complexity index is 1670. The van der Waals surface area contributed by atoms with E-state index < -0.39 is 53.4 Å². The molecule has 54 heavy (non-hydrogen) atoms. The Morgan fingerprint density at radius 2 is 1.72 bits per heavy atom. The molecule has 0 spiro atoms. The van der Waals surface area contributed by atoms with Crippen LogP contribution in [0.5, 0.6) is 5.75 Å². The van der Waals surface area contributed by atoms with Gasteiger partial charge in [-0.25, -0.2) is 0 Å². The normalized spacial score (nSPS) is 19.3. The van der Waals surface area contributed by atoms with Gasteiger partial charge in [-0.05, 0) is 41.0 Å². The van der Waals surface area contributed by atoms with E-state index in [2.05, 4.69) is 36.8 Å². The summed E-state index contributed by atoms with van der Waals surface area (Å²) in [6.45, 7) is 10.5. The summed E-state index contributed by atoms with van der Waals surface area (Å²) in [4.78, 5) is 54.8. The summed E-state index contributed by atoms with van der Waals surface area (Å²) in [7, 11) is 1.77. The predicted molar refractivity (Wildman–Crippen MR) is 204 cm³/mol. The van der Waals surface area contributed by atoms with E-state index in [1.165, 1.54) is 18.1 Å². The first-order valence-corrected chi connectivity index (χ1v) is 19.1. The zero-order valence-electron chi connectivity index (χ0n) is 31.8. The highest BCUT2D eigenvalue weighted by Gasteiger charge is 2.39. The van der Waals surface area contributed by atoms with Gasteiger partial charge in [0.15, 0.2) is 5.16 Å². The van der Waals surface area contributed by atoms with E-state index in [9.17, 15) is 24.3 Å². The number of ether oxygens (including phenoxy) is 2. The first-order chi connectivity index (χ1) is 25.7. The maximum Gasteiger partial charge on any atom is 0.243 e. The Kier molecular flexibility index (Phi) is 15.8. The monoisotopic (exact) mass is 766 g/mol. The minimum Gasteiger partial charge on any atom is -0.491 e. The zero-order chi connectivity index (χ0) is 39.3. The number of aliphatic hydroxyl groups is 1. The van der Waals surface area contributed by atoms with Crippen molar-refractivity contribution in [2.45, 2.75) is 83.0 Å². The second kappa shape index (κ2) is 20.2. The van der Waals surface area contributed by atoms with Crippen molar-refractivity contribution in [3.63, 3.8) is 0 Å². The summed E-state index contributed by atoms with van der Waals surface area (Å²) in [6, 6.07) is 12.4. The number of nitrogens with one attached hydrogen (secondary N) is 5. The van der Waals surface area contributed by atoms with E-state index in [0.29, 0.717) is 24.1 Å². The number of aliphatic hydroxyl groups excluding tert-OH is 1. The third-order valence-electron chi connectivity index (χ3n) is 8.84. The summed E-state index contributed by atoms with van der Waals surface area (Å²) in [5, 5.41) is 35.3. The van der Waals surface area contributed by atoms with Crippen LogP contribution in [0.15, 0.2) is 66.1 Å². The second-order valence-corrected chi connectivity index (χ2v) is 15.6. The van der Waals surface area contributed by atoms with Crippen LogP contribution in [-0.2, 0) is 43.9 Å². The summed E-state index contributed by atoms with van der Waals surface area (Å²) in [5.74, 6) is -1.58. The Hall–Kier alpha value is -4.51. The van der Waals surface area contributed by atoms with Gasteiger partial charge in [-0.3, -0.25) is 24.5 Å². The van der Waals surface area contributed by atoms with Crippen LogP contribution in [0, 0.1) is 11.3 Å². The van der Waals surface area contributed by atoms with Gasteiger partial charge in [0.25, 0.3) is 0 Å². The number of fused-ring (bicyclic) bond motifs is 15. The van der Waals surface area contributed by atoms with Crippen molar-refractivity contribution in [3.05, 3.63) is 72.1 Å². The number of rotatable bonds is 11. The van der Waals surface area contributed by atoms with Crippen LogP contribution in [0.25, 0.3) is 0 Å². The fourth-order valence-corrected chi connectivity index (χ4v) is 6.49. The van der Waals surface area contributed by atoms with Crippen LogP contribution in [0.1, 0.15) is 45.7 Å². The van der Waals surface area contributed by atoms with E-state index in [1.807, 2.05) is 89.2 Å². The highest BCUT2D eigenvalue weighted by molar-refractivity contribution is 7.99. The molecule has 6 N–H and O–H groups in total. The van der Waals surface area contributed by atoms with Gasteiger partial charge in [0.1, 0.15) is 36.8 Å². The predicted octanol–water partition coefficient (Wildman–Crippen LogP) is 1.35. The van der Waals surface area contributed by atoms with Gasteiger partial charge in [0.2, 0.25) is 23.6 Å². The van der Waals surface area contributed by atoms with Crippen LogP contribution in [0.3, 0.4) is 0 Å². The molecule has 5 atom stereocenters. The van der Waals surface area contributed by atoms with Crippen molar-refractivity contribution in [2.75, 3.05) is 32.1 Å². The van der Waals surface area contributed by atoms with E-state index in [0.717, 1.165) is 11.1 Å².